The van der Waals surface area contributed by atoms with E-state index in [0.717, 1.165) is 17.7 Å². The summed E-state index contributed by atoms with van der Waals surface area (Å²) in [7, 11) is 0. The lowest BCUT2D eigenvalue weighted by Crippen LogP contribution is -2.55. The topological polar surface area (TPSA) is 49.9 Å². The van der Waals surface area contributed by atoms with E-state index < -0.39 is 5.60 Å². The lowest BCUT2D eigenvalue weighted by Gasteiger charge is -2.42. The van der Waals surface area contributed by atoms with Crippen LogP contribution < -0.4 is 4.90 Å². The summed E-state index contributed by atoms with van der Waals surface area (Å²) in [6.45, 7) is 1.63. The third-order valence-electron chi connectivity index (χ3n) is 5.29. The van der Waals surface area contributed by atoms with Crippen LogP contribution in [0.25, 0.3) is 0 Å². The molecule has 0 N–H and O–H groups in total. The largest absolute Gasteiger partial charge is 0.363 e. The van der Waals surface area contributed by atoms with Crippen LogP contribution in [0, 0.1) is 5.82 Å². The number of carbonyl (C=O) groups excluding carboxylic acids is 2. The molecule has 2 amide bonds. The summed E-state index contributed by atoms with van der Waals surface area (Å²) in [4.78, 5) is 29.2. The third-order valence-corrected chi connectivity index (χ3v) is 6.14. The minimum absolute atomic E-state index is 0.0185. The van der Waals surface area contributed by atoms with Crippen LogP contribution >= 0.6 is 11.3 Å². The Hall–Kier alpha value is -2.25. The van der Waals surface area contributed by atoms with Crippen molar-refractivity contribution in [3.8, 4) is 0 Å². The van der Waals surface area contributed by atoms with Gasteiger partial charge in [-0.2, -0.15) is 0 Å². The Morgan fingerprint density at radius 2 is 2.07 bits per heavy atom. The van der Waals surface area contributed by atoms with E-state index in [0.29, 0.717) is 31.7 Å². The molecule has 1 atom stereocenters. The molecule has 1 spiro atoms. The number of carbonyl (C=O) groups is 2. The number of benzene rings is 1. The number of anilines is 1. The molecule has 4 rings (SSSR count). The SMILES string of the molecule is O=C(c1cccs1)N1CCCC2(CC1)CN(c1cccc(F)c1)C(=O)CO2. The minimum atomic E-state index is -0.495. The van der Waals surface area contributed by atoms with E-state index in [1.165, 1.54) is 23.5 Å². The van der Waals surface area contributed by atoms with E-state index in [4.69, 9.17) is 4.74 Å². The number of ether oxygens (including phenoxy) is 1. The first kappa shape index (κ1) is 18.1. The normalized spacial score (nSPS) is 23.5. The molecule has 2 fully saturated rings. The van der Waals surface area contributed by atoms with Gasteiger partial charge in [-0.05, 0) is 48.9 Å². The summed E-state index contributed by atoms with van der Waals surface area (Å²) < 4.78 is 19.6. The molecule has 1 aromatic carbocycles. The third kappa shape index (κ3) is 3.75. The Morgan fingerprint density at radius 1 is 1.19 bits per heavy atom. The van der Waals surface area contributed by atoms with E-state index in [-0.39, 0.29) is 24.2 Å². The van der Waals surface area contributed by atoms with Crippen molar-refractivity contribution >= 4 is 28.8 Å². The lowest BCUT2D eigenvalue weighted by molar-refractivity contribution is -0.140. The highest BCUT2D eigenvalue weighted by atomic mass is 32.1. The Kier molecular flexibility index (Phi) is 4.97. The monoisotopic (exact) mass is 388 g/mol. The number of thiophene rings is 1. The Labute approximate surface area is 161 Å². The Bertz CT molecular complexity index is 842. The maximum absolute atomic E-state index is 13.6. The zero-order valence-electron chi connectivity index (χ0n) is 14.9. The van der Waals surface area contributed by atoms with Crippen molar-refractivity contribution in [1.82, 2.24) is 4.90 Å². The number of rotatable bonds is 2. The highest BCUT2D eigenvalue weighted by molar-refractivity contribution is 7.12. The zero-order chi connectivity index (χ0) is 18.9. The van der Waals surface area contributed by atoms with Crippen molar-refractivity contribution in [2.45, 2.75) is 24.9 Å². The molecule has 5 nitrogen and oxygen atoms in total. The minimum Gasteiger partial charge on any atom is -0.363 e. The average Bonchev–Trinajstić information content (AvgIpc) is 3.13. The zero-order valence-corrected chi connectivity index (χ0v) is 15.7. The van der Waals surface area contributed by atoms with Crippen molar-refractivity contribution in [3.05, 3.63) is 52.5 Å². The summed E-state index contributed by atoms with van der Waals surface area (Å²) in [5, 5.41) is 1.90. The molecule has 142 valence electrons. The van der Waals surface area contributed by atoms with Crippen LogP contribution in [0.3, 0.4) is 0 Å². The predicted molar refractivity (Wildman–Crippen MR) is 102 cm³/mol. The van der Waals surface area contributed by atoms with Crippen LogP contribution in [-0.4, -0.2) is 48.6 Å². The van der Waals surface area contributed by atoms with Crippen molar-refractivity contribution < 1.29 is 18.7 Å². The second-order valence-corrected chi connectivity index (χ2v) is 8.00. The molecule has 0 radical (unpaired) electrons. The van der Waals surface area contributed by atoms with Gasteiger partial charge in [-0.3, -0.25) is 9.59 Å². The van der Waals surface area contributed by atoms with Gasteiger partial charge >= 0.3 is 0 Å². The van der Waals surface area contributed by atoms with Gasteiger partial charge in [0.2, 0.25) is 0 Å². The van der Waals surface area contributed by atoms with Crippen molar-refractivity contribution in [2.24, 2.45) is 0 Å². The summed E-state index contributed by atoms with van der Waals surface area (Å²) >= 11 is 1.45. The Balaban J connectivity index is 1.50. The molecular formula is C20H21FN2O3S. The predicted octanol–water partition coefficient (Wildman–Crippen LogP) is 3.32. The van der Waals surface area contributed by atoms with Crippen molar-refractivity contribution in [3.63, 3.8) is 0 Å². The van der Waals surface area contributed by atoms with Crippen LogP contribution in [0.2, 0.25) is 0 Å². The van der Waals surface area contributed by atoms with Crippen molar-refractivity contribution in [1.29, 1.82) is 0 Å². The number of amides is 2. The number of morpholine rings is 1. The van der Waals surface area contributed by atoms with E-state index in [9.17, 15) is 14.0 Å². The summed E-state index contributed by atoms with van der Waals surface area (Å²) in [5.74, 6) is -0.479. The van der Waals surface area contributed by atoms with Crippen LogP contribution in [0.5, 0.6) is 0 Å². The quantitative estimate of drug-likeness (QED) is 0.793. The van der Waals surface area contributed by atoms with Crippen LogP contribution in [0.1, 0.15) is 28.9 Å². The first-order valence-corrected chi connectivity index (χ1v) is 9.97. The van der Waals surface area contributed by atoms with Gasteiger partial charge in [0.25, 0.3) is 11.8 Å². The van der Waals surface area contributed by atoms with Gasteiger partial charge in [-0.1, -0.05) is 12.1 Å². The molecule has 0 bridgehead atoms. The molecule has 2 saturated heterocycles. The van der Waals surface area contributed by atoms with Gasteiger partial charge in [0.05, 0.1) is 17.0 Å². The van der Waals surface area contributed by atoms with Crippen LogP contribution in [-0.2, 0) is 9.53 Å². The Morgan fingerprint density at radius 3 is 2.85 bits per heavy atom. The number of halogens is 1. The molecule has 27 heavy (non-hydrogen) atoms. The van der Waals surface area contributed by atoms with Crippen molar-refractivity contribution in [2.75, 3.05) is 31.1 Å². The van der Waals surface area contributed by atoms with Crippen LogP contribution in [0.4, 0.5) is 10.1 Å². The van der Waals surface area contributed by atoms with Gasteiger partial charge in [0, 0.05) is 18.8 Å². The second-order valence-electron chi connectivity index (χ2n) is 7.05. The second kappa shape index (κ2) is 7.40. The summed E-state index contributed by atoms with van der Waals surface area (Å²) in [5.41, 5.74) is 0.0588. The maximum Gasteiger partial charge on any atom is 0.263 e. The first-order valence-electron chi connectivity index (χ1n) is 9.09. The molecule has 1 aromatic heterocycles. The van der Waals surface area contributed by atoms with E-state index >= 15 is 0 Å². The van der Waals surface area contributed by atoms with Gasteiger partial charge in [-0.25, -0.2) is 4.39 Å². The van der Waals surface area contributed by atoms with Gasteiger partial charge in [0.15, 0.2) is 0 Å². The number of nitrogens with zero attached hydrogens (tertiary/aromatic N) is 2. The smallest absolute Gasteiger partial charge is 0.263 e. The van der Waals surface area contributed by atoms with Crippen LogP contribution in [0.15, 0.2) is 41.8 Å². The maximum atomic E-state index is 13.6. The fourth-order valence-corrected chi connectivity index (χ4v) is 4.51. The average molecular weight is 388 g/mol. The molecule has 0 saturated carbocycles. The molecule has 0 aliphatic carbocycles. The number of hydrogen-bond donors (Lipinski definition) is 0. The highest BCUT2D eigenvalue weighted by Gasteiger charge is 2.42. The van der Waals surface area contributed by atoms with Gasteiger partial charge < -0.3 is 14.5 Å². The first-order chi connectivity index (χ1) is 13.1. The lowest BCUT2D eigenvalue weighted by atomic mass is 9.92. The molecular weight excluding hydrogens is 367 g/mol. The molecule has 2 aliphatic rings. The molecule has 1 unspecified atom stereocenters. The number of likely N-dealkylation sites (tertiary alicyclic amines) is 1. The number of hydrogen-bond acceptors (Lipinski definition) is 4. The molecule has 3 heterocycles. The standard InChI is InChI=1S/C20H21FN2O3S/c21-15-4-1-5-16(12-15)23-14-20(26-13-18(23)24)7-3-9-22(10-8-20)19(25)17-6-2-11-27-17/h1-2,4-6,11-12H,3,7-10,13-14H2. The molecule has 2 aromatic rings. The summed E-state index contributed by atoms with van der Waals surface area (Å²) in [6.07, 6.45) is 2.23. The summed E-state index contributed by atoms with van der Waals surface area (Å²) in [6, 6.07) is 9.81. The van der Waals surface area contributed by atoms with Gasteiger partial charge in [-0.15, -0.1) is 11.3 Å². The fourth-order valence-electron chi connectivity index (χ4n) is 3.82. The van der Waals surface area contributed by atoms with E-state index in [1.807, 2.05) is 22.4 Å². The van der Waals surface area contributed by atoms with E-state index in [1.54, 1.807) is 17.0 Å². The fraction of sp³-hybridized carbons (Fsp3) is 0.400. The molecule has 7 heteroatoms. The van der Waals surface area contributed by atoms with E-state index in [2.05, 4.69) is 0 Å². The highest BCUT2D eigenvalue weighted by Crippen LogP contribution is 2.33. The van der Waals surface area contributed by atoms with Gasteiger partial charge in [0.1, 0.15) is 12.4 Å². The molecule has 2 aliphatic heterocycles.